The molecule has 72 valence electrons. The second kappa shape index (κ2) is 3.51. The van der Waals surface area contributed by atoms with Crippen molar-refractivity contribution in [1.29, 1.82) is 0 Å². The fraction of sp³-hybridized carbons (Fsp3) is 0.100. The molecular formula is C10H11N3O. The van der Waals surface area contributed by atoms with Crippen molar-refractivity contribution in [3.63, 3.8) is 0 Å². The van der Waals surface area contributed by atoms with E-state index in [-0.39, 0.29) is 5.75 Å². The number of phenolic OH excluding ortho intramolecular Hbond substituents is 1. The summed E-state index contributed by atoms with van der Waals surface area (Å²) in [7, 11) is 0. The first-order valence-corrected chi connectivity index (χ1v) is 4.33. The molecule has 14 heavy (non-hydrogen) atoms. The van der Waals surface area contributed by atoms with E-state index < -0.39 is 0 Å². The van der Waals surface area contributed by atoms with Crippen LogP contribution in [0.2, 0.25) is 0 Å². The van der Waals surface area contributed by atoms with Gasteiger partial charge >= 0.3 is 0 Å². The molecule has 1 aromatic heterocycles. The maximum atomic E-state index is 9.13. The molecule has 0 radical (unpaired) electrons. The maximum Gasteiger partial charge on any atom is 0.115 e. The fourth-order valence-electron chi connectivity index (χ4n) is 1.36. The molecule has 0 spiro atoms. The highest BCUT2D eigenvalue weighted by molar-refractivity contribution is 5.65. The molecule has 1 aromatic carbocycles. The summed E-state index contributed by atoms with van der Waals surface area (Å²) in [5.74, 6) is 0.256. The number of nitrogens with one attached hydrogen (secondary N) is 1. The average Bonchev–Trinajstić information content (AvgIpc) is 2.67. The number of rotatable bonds is 2. The van der Waals surface area contributed by atoms with Crippen LogP contribution in [0.15, 0.2) is 30.5 Å². The number of nitrogens with two attached hydrogens (primary N) is 1. The van der Waals surface area contributed by atoms with Gasteiger partial charge in [-0.2, -0.15) is 5.10 Å². The highest BCUT2D eigenvalue weighted by Gasteiger charge is 2.05. The van der Waals surface area contributed by atoms with Crippen LogP contribution in [0.4, 0.5) is 0 Å². The van der Waals surface area contributed by atoms with Crippen molar-refractivity contribution in [2.75, 3.05) is 0 Å². The van der Waals surface area contributed by atoms with Gasteiger partial charge in [0.25, 0.3) is 0 Å². The zero-order chi connectivity index (χ0) is 9.97. The first-order chi connectivity index (χ1) is 6.81. The molecule has 0 unspecified atom stereocenters. The van der Waals surface area contributed by atoms with Crippen LogP contribution in [0.5, 0.6) is 5.75 Å². The average molecular weight is 189 g/mol. The number of nitrogens with zero attached hydrogens (tertiary/aromatic N) is 1. The van der Waals surface area contributed by atoms with Gasteiger partial charge in [-0.25, -0.2) is 0 Å². The highest BCUT2D eigenvalue weighted by atomic mass is 16.3. The zero-order valence-electron chi connectivity index (χ0n) is 7.57. The van der Waals surface area contributed by atoms with Crippen molar-refractivity contribution in [1.82, 2.24) is 10.2 Å². The Hall–Kier alpha value is -1.81. The SMILES string of the molecule is NCc1[nH]ncc1-c1ccc(O)cc1. The second-order valence-corrected chi connectivity index (χ2v) is 3.01. The van der Waals surface area contributed by atoms with Crippen molar-refractivity contribution in [3.8, 4) is 16.9 Å². The Balaban J connectivity index is 2.44. The second-order valence-electron chi connectivity index (χ2n) is 3.01. The van der Waals surface area contributed by atoms with E-state index >= 15 is 0 Å². The van der Waals surface area contributed by atoms with Gasteiger partial charge in [0.1, 0.15) is 5.75 Å². The van der Waals surface area contributed by atoms with E-state index in [1.165, 1.54) is 0 Å². The van der Waals surface area contributed by atoms with Gasteiger partial charge in [-0.05, 0) is 17.7 Å². The molecule has 1 heterocycles. The minimum Gasteiger partial charge on any atom is -0.508 e. The lowest BCUT2D eigenvalue weighted by Gasteiger charge is -2.00. The molecule has 0 amide bonds. The Labute approximate surface area is 81.4 Å². The van der Waals surface area contributed by atoms with Gasteiger partial charge in [0.2, 0.25) is 0 Å². The predicted molar refractivity (Wildman–Crippen MR) is 53.6 cm³/mol. The Kier molecular flexibility index (Phi) is 2.20. The summed E-state index contributed by atoms with van der Waals surface area (Å²) in [5.41, 5.74) is 8.42. The van der Waals surface area contributed by atoms with Gasteiger partial charge in [-0.3, -0.25) is 5.10 Å². The van der Waals surface area contributed by atoms with Crippen LogP contribution in [-0.2, 0) is 6.54 Å². The number of hydrogen-bond acceptors (Lipinski definition) is 3. The highest BCUT2D eigenvalue weighted by Crippen LogP contribution is 2.23. The molecule has 0 fully saturated rings. The third kappa shape index (κ3) is 1.47. The minimum atomic E-state index is 0.256. The molecule has 0 aliphatic carbocycles. The molecule has 4 nitrogen and oxygen atoms in total. The zero-order valence-corrected chi connectivity index (χ0v) is 7.57. The number of aromatic nitrogens is 2. The molecule has 4 heteroatoms. The Morgan fingerprint density at radius 1 is 1.29 bits per heavy atom. The van der Waals surface area contributed by atoms with Crippen LogP contribution in [0, 0.1) is 0 Å². The third-order valence-electron chi connectivity index (χ3n) is 2.10. The van der Waals surface area contributed by atoms with Gasteiger partial charge in [-0.15, -0.1) is 0 Å². The van der Waals surface area contributed by atoms with E-state index in [1.807, 2.05) is 12.1 Å². The van der Waals surface area contributed by atoms with Crippen molar-refractivity contribution in [2.45, 2.75) is 6.54 Å². The lowest BCUT2D eigenvalue weighted by Crippen LogP contribution is -1.98. The first-order valence-electron chi connectivity index (χ1n) is 4.33. The number of benzene rings is 1. The summed E-state index contributed by atoms with van der Waals surface area (Å²) in [6.07, 6.45) is 1.73. The predicted octanol–water partition coefficient (Wildman–Crippen LogP) is 1.24. The Morgan fingerprint density at radius 3 is 2.64 bits per heavy atom. The van der Waals surface area contributed by atoms with E-state index in [0.29, 0.717) is 6.54 Å². The molecule has 0 aliphatic rings. The van der Waals surface area contributed by atoms with Gasteiger partial charge < -0.3 is 10.8 Å². The maximum absolute atomic E-state index is 9.13. The summed E-state index contributed by atoms with van der Waals surface area (Å²) < 4.78 is 0. The lowest BCUT2D eigenvalue weighted by atomic mass is 10.1. The molecular weight excluding hydrogens is 178 g/mol. The molecule has 4 N–H and O–H groups in total. The molecule has 0 saturated carbocycles. The van der Waals surface area contributed by atoms with E-state index in [2.05, 4.69) is 10.2 Å². The summed E-state index contributed by atoms with van der Waals surface area (Å²) >= 11 is 0. The van der Waals surface area contributed by atoms with E-state index in [4.69, 9.17) is 10.8 Å². The van der Waals surface area contributed by atoms with Crippen molar-refractivity contribution >= 4 is 0 Å². The number of aromatic amines is 1. The number of aromatic hydroxyl groups is 1. The topological polar surface area (TPSA) is 74.9 Å². The van der Waals surface area contributed by atoms with Crippen LogP contribution < -0.4 is 5.73 Å². The van der Waals surface area contributed by atoms with Crippen molar-refractivity contribution < 1.29 is 5.11 Å². The van der Waals surface area contributed by atoms with E-state index in [1.54, 1.807) is 18.3 Å². The lowest BCUT2D eigenvalue weighted by molar-refractivity contribution is 0.475. The molecule has 0 atom stereocenters. The fourth-order valence-corrected chi connectivity index (χ4v) is 1.36. The van der Waals surface area contributed by atoms with Gasteiger partial charge in [0.15, 0.2) is 0 Å². The van der Waals surface area contributed by atoms with Crippen molar-refractivity contribution in [3.05, 3.63) is 36.2 Å². The van der Waals surface area contributed by atoms with Gasteiger partial charge in [0, 0.05) is 12.1 Å². The van der Waals surface area contributed by atoms with Crippen LogP contribution in [0.25, 0.3) is 11.1 Å². The standard InChI is InChI=1S/C10H11N3O/c11-5-10-9(6-12-13-10)7-1-3-8(14)4-2-7/h1-4,6,14H,5,11H2,(H,12,13). The monoisotopic (exact) mass is 189 g/mol. The molecule has 2 aromatic rings. The number of hydrogen-bond donors (Lipinski definition) is 3. The molecule has 0 saturated heterocycles. The summed E-state index contributed by atoms with van der Waals surface area (Å²) in [4.78, 5) is 0. The summed E-state index contributed by atoms with van der Waals surface area (Å²) in [5, 5.41) is 15.9. The largest absolute Gasteiger partial charge is 0.508 e. The molecule has 0 bridgehead atoms. The molecule has 0 aliphatic heterocycles. The van der Waals surface area contributed by atoms with Gasteiger partial charge in [-0.1, -0.05) is 12.1 Å². The Bertz CT molecular complexity index is 419. The van der Waals surface area contributed by atoms with Crippen LogP contribution >= 0.6 is 0 Å². The summed E-state index contributed by atoms with van der Waals surface area (Å²) in [6, 6.07) is 6.95. The molecule has 2 rings (SSSR count). The smallest absolute Gasteiger partial charge is 0.115 e. The van der Waals surface area contributed by atoms with E-state index in [0.717, 1.165) is 16.8 Å². The van der Waals surface area contributed by atoms with Crippen LogP contribution in [0.1, 0.15) is 5.69 Å². The normalized spacial score (nSPS) is 10.4. The van der Waals surface area contributed by atoms with Crippen LogP contribution in [-0.4, -0.2) is 15.3 Å². The minimum absolute atomic E-state index is 0.256. The number of phenols is 1. The number of H-pyrrole nitrogens is 1. The van der Waals surface area contributed by atoms with Gasteiger partial charge in [0.05, 0.1) is 11.9 Å². The quantitative estimate of drug-likeness (QED) is 0.665. The van der Waals surface area contributed by atoms with Crippen LogP contribution in [0.3, 0.4) is 0 Å². The van der Waals surface area contributed by atoms with E-state index in [9.17, 15) is 0 Å². The first kappa shape index (κ1) is 8.77. The van der Waals surface area contributed by atoms with Crippen molar-refractivity contribution in [2.24, 2.45) is 5.73 Å². The Morgan fingerprint density at radius 2 is 2.00 bits per heavy atom. The third-order valence-corrected chi connectivity index (χ3v) is 2.10. The summed E-state index contributed by atoms with van der Waals surface area (Å²) in [6.45, 7) is 0.427.